The van der Waals surface area contributed by atoms with Crippen LogP contribution in [0, 0.1) is 24.1 Å². The number of benzene rings is 1. The average molecular weight is 358 g/mol. The first-order chi connectivity index (χ1) is 12.0. The van der Waals surface area contributed by atoms with Crippen molar-refractivity contribution in [3.8, 4) is 11.8 Å². The maximum absolute atomic E-state index is 13.3. The zero-order valence-electron chi connectivity index (χ0n) is 13.6. The Bertz CT molecular complexity index is 910. The van der Waals surface area contributed by atoms with Gasteiger partial charge in [0.05, 0.1) is 17.4 Å². The molecule has 2 N–H and O–H groups in total. The molecule has 1 aliphatic heterocycles. The number of nitriles is 1. The quantitative estimate of drug-likeness (QED) is 0.848. The lowest BCUT2D eigenvalue weighted by Crippen LogP contribution is -2.21. The Labute approximate surface area is 148 Å². The highest BCUT2D eigenvalue weighted by atomic mass is 32.1. The Morgan fingerprint density at radius 1 is 1.44 bits per heavy atom. The van der Waals surface area contributed by atoms with Crippen LogP contribution < -0.4 is 10.5 Å². The Morgan fingerprint density at radius 2 is 2.12 bits per heavy atom. The molecule has 3 rings (SSSR count). The van der Waals surface area contributed by atoms with Gasteiger partial charge < -0.3 is 15.2 Å². The standard InChI is InChI=1S/C18H15FN2O3S/c1-3-23-18(22)13-9(2)25-16-14(10-4-6-11(19)7-5-10)12(8-20)17(21)24-15(13)16/h4-7,14H,3,21H2,1-2H3/t14-/m1/s1. The van der Waals surface area contributed by atoms with Gasteiger partial charge in [0.15, 0.2) is 5.75 Å². The number of hydrogen-bond acceptors (Lipinski definition) is 6. The molecule has 0 amide bonds. The van der Waals surface area contributed by atoms with Crippen molar-refractivity contribution in [3.05, 3.63) is 62.4 Å². The number of aryl methyl sites for hydroxylation is 1. The van der Waals surface area contributed by atoms with E-state index >= 15 is 0 Å². The third-order valence-electron chi connectivity index (χ3n) is 3.90. The number of rotatable bonds is 3. The van der Waals surface area contributed by atoms with Gasteiger partial charge in [0, 0.05) is 4.88 Å². The summed E-state index contributed by atoms with van der Waals surface area (Å²) in [6, 6.07) is 7.90. The molecule has 0 fully saturated rings. The summed E-state index contributed by atoms with van der Waals surface area (Å²) in [4.78, 5) is 13.7. The third-order valence-corrected chi connectivity index (χ3v) is 5.05. The Kier molecular flexibility index (Phi) is 4.47. The normalized spacial score (nSPS) is 16.0. The van der Waals surface area contributed by atoms with E-state index in [1.807, 2.05) is 0 Å². The van der Waals surface area contributed by atoms with Gasteiger partial charge in [-0.25, -0.2) is 9.18 Å². The minimum Gasteiger partial charge on any atom is -0.462 e. The Balaban J connectivity index is 2.20. The molecule has 1 aliphatic rings. The fraction of sp³-hybridized carbons (Fsp3) is 0.222. The van der Waals surface area contributed by atoms with Crippen LogP contribution in [-0.4, -0.2) is 12.6 Å². The molecule has 2 heterocycles. The van der Waals surface area contributed by atoms with Crippen molar-refractivity contribution >= 4 is 17.3 Å². The van der Waals surface area contributed by atoms with Gasteiger partial charge in [0.25, 0.3) is 0 Å². The molecule has 0 spiro atoms. The van der Waals surface area contributed by atoms with Gasteiger partial charge >= 0.3 is 5.97 Å². The molecular formula is C18H15FN2O3S. The second kappa shape index (κ2) is 6.57. The number of ether oxygens (including phenoxy) is 2. The summed E-state index contributed by atoms with van der Waals surface area (Å²) < 4.78 is 24.0. The second-order valence-electron chi connectivity index (χ2n) is 5.42. The van der Waals surface area contributed by atoms with Crippen LogP contribution in [-0.2, 0) is 4.74 Å². The van der Waals surface area contributed by atoms with Crippen LogP contribution in [0.2, 0.25) is 0 Å². The molecule has 0 bridgehead atoms. The molecule has 0 radical (unpaired) electrons. The summed E-state index contributed by atoms with van der Waals surface area (Å²) in [5.74, 6) is -1.13. The minimum atomic E-state index is -0.513. The highest BCUT2D eigenvalue weighted by Gasteiger charge is 2.37. The number of carbonyl (C=O) groups is 1. The van der Waals surface area contributed by atoms with E-state index in [0.29, 0.717) is 26.6 Å². The average Bonchev–Trinajstić information content (AvgIpc) is 2.90. The number of esters is 1. The monoisotopic (exact) mass is 358 g/mol. The smallest absolute Gasteiger partial charge is 0.343 e. The van der Waals surface area contributed by atoms with E-state index in [2.05, 4.69) is 6.07 Å². The fourth-order valence-corrected chi connectivity index (χ4v) is 4.02. The number of carbonyl (C=O) groups excluding carboxylic acids is 1. The molecule has 1 aromatic heterocycles. The van der Waals surface area contributed by atoms with Crippen LogP contribution >= 0.6 is 11.3 Å². The van der Waals surface area contributed by atoms with E-state index in [1.165, 1.54) is 23.5 Å². The first-order valence-electron chi connectivity index (χ1n) is 7.61. The van der Waals surface area contributed by atoms with Crippen LogP contribution in [0.1, 0.15) is 38.5 Å². The van der Waals surface area contributed by atoms with Crippen LogP contribution in [0.15, 0.2) is 35.7 Å². The zero-order chi connectivity index (χ0) is 18.1. The lowest BCUT2D eigenvalue weighted by atomic mass is 9.88. The maximum atomic E-state index is 13.3. The van der Waals surface area contributed by atoms with Crippen LogP contribution in [0.4, 0.5) is 4.39 Å². The van der Waals surface area contributed by atoms with Crippen molar-refractivity contribution in [3.63, 3.8) is 0 Å². The highest BCUT2D eigenvalue weighted by molar-refractivity contribution is 7.12. The van der Waals surface area contributed by atoms with E-state index < -0.39 is 11.9 Å². The van der Waals surface area contributed by atoms with Crippen molar-refractivity contribution in [1.29, 1.82) is 5.26 Å². The van der Waals surface area contributed by atoms with E-state index in [9.17, 15) is 14.4 Å². The van der Waals surface area contributed by atoms with Crippen LogP contribution in [0.25, 0.3) is 0 Å². The molecule has 0 aliphatic carbocycles. The molecule has 5 nitrogen and oxygen atoms in total. The Hall–Kier alpha value is -2.85. The molecule has 0 saturated carbocycles. The molecule has 2 aromatic rings. The summed E-state index contributed by atoms with van der Waals surface area (Å²) in [6.45, 7) is 3.73. The van der Waals surface area contributed by atoms with Gasteiger partial charge in [-0.15, -0.1) is 11.3 Å². The molecular weight excluding hydrogens is 343 g/mol. The first-order valence-corrected chi connectivity index (χ1v) is 8.43. The number of halogens is 1. The number of hydrogen-bond donors (Lipinski definition) is 1. The van der Waals surface area contributed by atoms with Gasteiger partial charge in [-0.1, -0.05) is 12.1 Å². The van der Waals surface area contributed by atoms with Crippen LogP contribution in [0.5, 0.6) is 5.75 Å². The number of thiophene rings is 1. The molecule has 0 unspecified atom stereocenters. The van der Waals surface area contributed by atoms with E-state index in [0.717, 1.165) is 0 Å². The number of nitrogens with zero attached hydrogens (tertiary/aromatic N) is 1. The second-order valence-corrected chi connectivity index (χ2v) is 6.68. The predicted molar refractivity (Wildman–Crippen MR) is 90.7 cm³/mol. The van der Waals surface area contributed by atoms with Crippen molar-refractivity contribution in [2.45, 2.75) is 19.8 Å². The summed E-state index contributed by atoms with van der Waals surface area (Å²) in [6.07, 6.45) is 0. The van der Waals surface area contributed by atoms with Gasteiger partial charge in [-0.05, 0) is 31.5 Å². The number of allylic oxidation sites excluding steroid dienone is 1. The first kappa shape index (κ1) is 17.0. The minimum absolute atomic E-state index is 0.0623. The molecule has 128 valence electrons. The molecule has 1 atom stereocenters. The molecule has 25 heavy (non-hydrogen) atoms. The fourth-order valence-electron chi connectivity index (χ4n) is 2.81. The van der Waals surface area contributed by atoms with Gasteiger partial charge in [0.2, 0.25) is 5.88 Å². The summed E-state index contributed by atoms with van der Waals surface area (Å²) >= 11 is 1.34. The Morgan fingerprint density at radius 3 is 2.72 bits per heavy atom. The lowest BCUT2D eigenvalue weighted by molar-refractivity contribution is 0.0522. The molecule has 1 aromatic carbocycles. The SMILES string of the molecule is CCOC(=O)c1c(C)sc2c1OC(N)=C(C#N)[C@H]2c1ccc(F)cc1. The van der Waals surface area contributed by atoms with Gasteiger partial charge in [-0.2, -0.15) is 5.26 Å². The number of fused-ring (bicyclic) bond motifs is 1. The van der Waals surface area contributed by atoms with Gasteiger partial charge in [0.1, 0.15) is 23.0 Å². The van der Waals surface area contributed by atoms with Crippen molar-refractivity contribution in [2.24, 2.45) is 5.73 Å². The lowest BCUT2D eigenvalue weighted by Gasteiger charge is -2.24. The largest absolute Gasteiger partial charge is 0.462 e. The topological polar surface area (TPSA) is 85.3 Å². The number of nitrogens with two attached hydrogens (primary N) is 1. The zero-order valence-corrected chi connectivity index (χ0v) is 14.4. The van der Waals surface area contributed by atoms with Crippen molar-refractivity contribution in [2.75, 3.05) is 6.61 Å². The summed E-state index contributed by atoms with van der Waals surface area (Å²) in [7, 11) is 0. The predicted octanol–water partition coefficient (Wildman–Crippen LogP) is 3.59. The van der Waals surface area contributed by atoms with Crippen molar-refractivity contribution < 1.29 is 18.7 Å². The van der Waals surface area contributed by atoms with Crippen molar-refractivity contribution in [1.82, 2.24) is 0 Å². The highest BCUT2D eigenvalue weighted by Crippen LogP contribution is 2.49. The van der Waals surface area contributed by atoms with E-state index in [-0.39, 0.29) is 23.9 Å². The van der Waals surface area contributed by atoms with E-state index in [4.69, 9.17) is 15.2 Å². The third kappa shape index (κ3) is 2.85. The summed E-state index contributed by atoms with van der Waals surface area (Å²) in [5, 5.41) is 9.51. The molecule has 0 saturated heterocycles. The van der Waals surface area contributed by atoms with E-state index in [1.54, 1.807) is 26.0 Å². The molecule has 7 heteroatoms. The maximum Gasteiger partial charge on any atom is 0.343 e. The van der Waals surface area contributed by atoms with Crippen LogP contribution in [0.3, 0.4) is 0 Å². The van der Waals surface area contributed by atoms with Gasteiger partial charge in [-0.3, -0.25) is 0 Å². The summed E-state index contributed by atoms with van der Waals surface area (Å²) in [5.41, 5.74) is 7.17.